The summed E-state index contributed by atoms with van der Waals surface area (Å²) >= 11 is 0. The first-order valence-electron chi connectivity index (χ1n) is 7.18. The van der Waals surface area contributed by atoms with Gasteiger partial charge in [-0.25, -0.2) is 14.4 Å². The highest BCUT2D eigenvalue weighted by Gasteiger charge is 2.15. The number of nitrogens with one attached hydrogen (secondary N) is 1. The molecule has 0 radical (unpaired) electrons. The fraction of sp³-hybridized carbons (Fsp3) is 0.333. The van der Waals surface area contributed by atoms with Gasteiger partial charge < -0.3 is 10.2 Å². The number of nitrogens with zero attached hydrogens (tertiary/aromatic N) is 4. The van der Waals surface area contributed by atoms with Gasteiger partial charge >= 0.3 is 0 Å². The molecule has 6 nitrogen and oxygen atoms in total. The average Bonchev–Trinajstić information content (AvgIpc) is 3.07. The summed E-state index contributed by atoms with van der Waals surface area (Å²) < 4.78 is 13.0. The lowest BCUT2D eigenvalue weighted by Gasteiger charge is -2.15. The Morgan fingerprint density at radius 1 is 1.32 bits per heavy atom. The van der Waals surface area contributed by atoms with Crippen molar-refractivity contribution in [3.05, 3.63) is 47.8 Å². The van der Waals surface area contributed by atoms with Crippen LogP contribution in [0.3, 0.4) is 0 Å². The first kappa shape index (κ1) is 14.4. The van der Waals surface area contributed by atoms with Crippen LogP contribution in [0.25, 0.3) is 0 Å². The van der Waals surface area contributed by atoms with Crippen LogP contribution in [0.15, 0.2) is 30.7 Å². The molecule has 0 aliphatic carbocycles. The molecular formula is C15H16FN5O. The van der Waals surface area contributed by atoms with E-state index in [1.807, 2.05) is 0 Å². The third kappa shape index (κ3) is 3.36. The molecule has 3 rings (SSSR count). The predicted octanol–water partition coefficient (Wildman–Crippen LogP) is 1.54. The van der Waals surface area contributed by atoms with E-state index in [1.165, 1.54) is 6.20 Å². The van der Waals surface area contributed by atoms with Crippen LogP contribution in [0.4, 0.5) is 10.3 Å². The lowest BCUT2D eigenvalue weighted by molar-refractivity contribution is 0.0949. The highest BCUT2D eigenvalue weighted by atomic mass is 19.1. The van der Waals surface area contributed by atoms with Crippen molar-refractivity contribution in [3.63, 3.8) is 0 Å². The number of aromatic nitrogens is 3. The van der Waals surface area contributed by atoms with Gasteiger partial charge in [0.25, 0.3) is 5.91 Å². The zero-order valence-corrected chi connectivity index (χ0v) is 12.0. The molecule has 0 saturated carbocycles. The normalized spacial score (nSPS) is 14.1. The number of rotatable bonds is 4. The molecule has 1 aliphatic rings. The van der Waals surface area contributed by atoms with E-state index < -0.39 is 5.82 Å². The Kier molecular flexibility index (Phi) is 4.22. The molecule has 2 aromatic rings. The average molecular weight is 301 g/mol. The van der Waals surface area contributed by atoms with Gasteiger partial charge in [0.15, 0.2) is 0 Å². The molecule has 0 bridgehead atoms. The summed E-state index contributed by atoms with van der Waals surface area (Å²) in [5, 5.41) is 2.71. The van der Waals surface area contributed by atoms with Crippen LogP contribution in [-0.2, 0) is 6.54 Å². The van der Waals surface area contributed by atoms with E-state index in [0.29, 0.717) is 5.95 Å². The highest BCUT2D eigenvalue weighted by molar-refractivity contribution is 5.93. The minimum atomic E-state index is -0.536. The van der Waals surface area contributed by atoms with Crippen molar-refractivity contribution in [2.45, 2.75) is 19.4 Å². The van der Waals surface area contributed by atoms with Gasteiger partial charge in [-0.05, 0) is 25.0 Å². The van der Waals surface area contributed by atoms with Crippen LogP contribution in [0.5, 0.6) is 0 Å². The molecule has 7 heteroatoms. The minimum absolute atomic E-state index is 0.189. The number of halogens is 1. The maximum Gasteiger partial charge on any atom is 0.253 e. The van der Waals surface area contributed by atoms with Crippen molar-refractivity contribution in [1.82, 2.24) is 20.3 Å². The number of anilines is 1. The van der Waals surface area contributed by atoms with Crippen molar-refractivity contribution >= 4 is 11.9 Å². The van der Waals surface area contributed by atoms with E-state index in [9.17, 15) is 9.18 Å². The summed E-state index contributed by atoms with van der Waals surface area (Å²) in [5.41, 5.74) is 0.906. The number of hydrogen-bond donors (Lipinski definition) is 1. The summed E-state index contributed by atoms with van der Waals surface area (Å²) in [4.78, 5) is 26.4. The fourth-order valence-corrected chi connectivity index (χ4v) is 2.36. The van der Waals surface area contributed by atoms with Gasteiger partial charge in [0.05, 0.1) is 24.0 Å². The summed E-state index contributed by atoms with van der Waals surface area (Å²) in [7, 11) is 0. The summed E-state index contributed by atoms with van der Waals surface area (Å²) in [5.74, 6) is -0.226. The predicted molar refractivity (Wildman–Crippen MR) is 78.8 cm³/mol. The molecule has 1 aliphatic heterocycles. The van der Waals surface area contributed by atoms with Crippen LogP contribution < -0.4 is 10.2 Å². The van der Waals surface area contributed by atoms with Crippen molar-refractivity contribution < 1.29 is 9.18 Å². The lowest BCUT2D eigenvalue weighted by atomic mass is 10.2. The van der Waals surface area contributed by atoms with Crippen LogP contribution in [-0.4, -0.2) is 33.9 Å². The second kappa shape index (κ2) is 6.46. The van der Waals surface area contributed by atoms with Gasteiger partial charge in [0.1, 0.15) is 5.82 Å². The second-order valence-electron chi connectivity index (χ2n) is 5.12. The van der Waals surface area contributed by atoms with Gasteiger partial charge in [-0.3, -0.25) is 9.78 Å². The van der Waals surface area contributed by atoms with Gasteiger partial charge in [-0.15, -0.1) is 0 Å². The molecule has 114 valence electrons. The number of hydrogen-bond acceptors (Lipinski definition) is 5. The summed E-state index contributed by atoms with van der Waals surface area (Å²) in [6, 6.07) is 2.90. The number of amides is 1. The Labute approximate surface area is 127 Å². The molecule has 3 heterocycles. The van der Waals surface area contributed by atoms with Crippen LogP contribution in [0, 0.1) is 5.82 Å². The molecule has 0 atom stereocenters. The molecule has 22 heavy (non-hydrogen) atoms. The Morgan fingerprint density at radius 3 is 2.91 bits per heavy atom. The third-order valence-electron chi connectivity index (χ3n) is 3.49. The fourth-order valence-electron chi connectivity index (χ4n) is 2.36. The Morgan fingerprint density at radius 2 is 2.14 bits per heavy atom. The Balaban J connectivity index is 1.63. The summed E-state index contributed by atoms with van der Waals surface area (Å²) in [6.07, 6.45) is 6.37. The molecule has 0 aromatic carbocycles. The highest BCUT2D eigenvalue weighted by Crippen LogP contribution is 2.15. The number of carbonyl (C=O) groups is 1. The maximum atomic E-state index is 13.0. The van der Waals surface area contributed by atoms with Crippen LogP contribution >= 0.6 is 0 Å². The van der Waals surface area contributed by atoms with E-state index in [1.54, 1.807) is 12.3 Å². The molecule has 2 aromatic heterocycles. The first-order chi connectivity index (χ1) is 10.7. The van der Waals surface area contributed by atoms with Gasteiger partial charge in [0, 0.05) is 25.5 Å². The van der Waals surface area contributed by atoms with Crippen molar-refractivity contribution in [1.29, 1.82) is 0 Å². The van der Waals surface area contributed by atoms with Gasteiger partial charge in [-0.2, -0.15) is 0 Å². The van der Waals surface area contributed by atoms with Crippen molar-refractivity contribution in [3.8, 4) is 0 Å². The topological polar surface area (TPSA) is 71.0 Å². The van der Waals surface area contributed by atoms with E-state index in [-0.39, 0.29) is 18.0 Å². The van der Waals surface area contributed by atoms with Gasteiger partial charge in [0.2, 0.25) is 5.95 Å². The molecule has 0 unspecified atom stereocenters. The van der Waals surface area contributed by atoms with E-state index in [4.69, 9.17) is 0 Å². The third-order valence-corrected chi connectivity index (χ3v) is 3.49. The molecular weight excluding hydrogens is 285 g/mol. The SMILES string of the molecule is O=C(NCc1ccnc(N2CCCC2)n1)c1cncc(F)c1. The van der Waals surface area contributed by atoms with E-state index >= 15 is 0 Å². The number of pyridine rings is 1. The van der Waals surface area contributed by atoms with Crippen LogP contribution in [0.2, 0.25) is 0 Å². The van der Waals surface area contributed by atoms with E-state index in [2.05, 4.69) is 25.2 Å². The summed E-state index contributed by atoms with van der Waals surface area (Å²) in [6.45, 7) is 2.19. The molecule has 1 N–H and O–H groups in total. The molecule has 1 amide bonds. The van der Waals surface area contributed by atoms with Crippen molar-refractivity contribution in [2.75, 3.05) is 18.0 Å². The van der Waals surface area contributed by atoms with E-state index in [0.717, 1.165) is 43.9 Å². The Hall–Kier alpha value is -2.57. The quantitative estimate of drug-likeness (QED) is 0.927. The molecule has 1 saturated heterocycles. The standard InChI is InChI=1S/C15H16FN5O/c16-12-7-11(8-17-9-12)14(22)19-10-13-3-4-18-15(20-13)21-5-1-2-6-21/h3-4,7-9H,1-2,5-6,10H2,(H,19,22). The first-order valence-corrected chi connectivity index (χ1v) is 7.18. The zero-order chi connectivity index (χ0) is 15.4. The number of carbonyl (C=O) groups excluding carboxylic acids is 1. The minimum Gasteiger partial charge on any atom is -0.346 e. The largest absolute Gasteiger partial charge is 0.346 e. The van der Waals surface area contributed by atoms with Gasteiger partial charge in [-0.1, -0.05) is 0 Å². The lowest BCUT2D eigenvalue weighted by Crippen LogP contribution is -2.25. The zero-order valence-electron chi connectivity index (χ0n) is 12.0. The smallest absolute Gasteiger partial charge is 0.253 e. The molecule has 1 fully saturated rings. The van der Waals surface area contributed by atoms with Crippen LogP contribution in [0.1, 0.15) is 28.9 Å². The molecule has 0 spiro atoms. The monoisotopic (exact) mass is 301 g/mol. The second-order valence-corrected chi connectivity index (χ2v) is 5.12. The maximum absolute atomic E-state index is 13.0. The Bertz CT molecular complexity index is 672. The van der Waals surface area contributed by atoms with Crippen molar-refractivity contribution in [2.24, 2.45) is 0 Å².